The summed E-state index contributed by atoms with van der Waals surface area (Å²) in [6, 6.07) is 0. The Balaban J connectivity index is 0.000000315. The number of aliphatic hydroxyl groups is 1. The van der Waals surface area contributed by atoms with Crippen LogP contribution in [0.5, 0.6) is 0 Å². The van der Waals surface area contributed by atoms with Gasteiger partial charge in [-0.1, -0.05) is 0 Å². The van der Waals surface area contributed by atoms with E-state index < -0.39 is 18.5 Å². The molecule has 96 valence electrons. The van der Waals surface area contributed by atoms with Gasteiger partial charge in [0.1, 0.15) is 0 Å². The van der Waals surface area contributed by atoms with Gasteiger partial charge in [0.2, 0.25) is 12.0 Å². The standard InChI is InChI=1S/C4H7NO.C3H2F6O/c6-4-2-1-3-5-4;4-2(5,6)1(10)3(7,8)9/h1-3H2,(H,5,6);1,10H. The molecule has 3 nitrogen and oxygen atoms in total. The van der Waals surface area contributed by atoms with Crippen LogP contribution in [0.25, 0.3) is 0 Å². The normalized spacial score (nSPS) is 16.9. The third-order valence-electron chi connectivity index (χ3n) is 1.52. The molecule has 1 rings (SSSR count). The van der Waals surface area contributed by atoms with Crippen LogP contribution in [0.15, 0.2) is 0 Å². The minimum atomic E-state index is -5.63. The zero-order chi connectivity index (χ0) is 13.0. The molecule has 1 aliphatic rings. The molecule has 1 heterocycles. The van der Waals surface area contributed by atoms with Crippen molar-refractivity contribution < 1.29 is 36.2 Å². The van der Waals surface area contributed by atoms with Crippen LogP contribution in [0.4, 0.5) is 26.3 Å². The Hall–Kier alpha value is -0.990. The SMILES string of the molecule is O=C1CCCN1.OC(C(F)(F)F)C(F)(F)F. The van der Waals surface area contributed by atoms with Crippen molar-refractivity contribution in [2.45, 2.75) is 31.3 Å². The van der Waals surface area contributed by atoms with E-state index in [-0.39, 0.29) is 5.91 Å². The van der Waals surface area contributed by atoms with Crippen LogP contribution >= 0.6 is 0 Å². The monoisotopic (exact) mass is 253 g/mol. The van der Waals surface area contributed by atoms with Crippen molar-refractivity contribution in [3.63, 3.8) is 0 Å². The zero-order valence-corrected chi connectivity index (χ0v) is 7.82. The molecule has 0 aromatic rings. The van der Waals surface area contributed by atoms with Crippen LogP contribution in [0.1, 0.15) is 12.8 Å². The fourth-order valence-corrected chi connectivity index (χ4v) is 0.751. The Morgan fingerprint density at radius 1 is 1.12 bits per heavy atom. The summed E-state index contributed by atoms with van der Waals surface area (Å²) in [6.45, 7) is 0.888. The fourth-order valence-electron chi connectivity index (χ4n) is 0.751. The maximum atomic E-state index is 11.0. The van der Waals surface area contributed by atoms with Crippen LogP contribution in [0.2, 0.25) is 0 Å². The highest BCUT2D eigenvalue weighted by Crippen LogP contribution is 2.32. The average Bonchev–Trinajstić information content (AvgIpc) is 2.52. The van der Waals surface area contributed by atoms with Crippen molar-refractivity contribution in [3.05, 3.63) is 0 Å². The minimum absolute atomic E-state index is 0.204. The smallest absolute Gasteiger partial charge is 0.377 e. The predicted molar refractivity (Wildman–Crippen MR) is 40.4 cm³/mol. The van der Waals surface area contributed by atoms with Gasteiger partial charge in [-0.15, -0.1) is 0 Å². The third-order valence-corrected chi connectivity index (χ3v) is 1.52. The number of rotatable bonds is 0. The molecule has 0 aliphatic carbocycles. The Labute approximate surface area is 86.4 Å². The van der Waals surface area contributed by atoms with Gasteiger partial charge in [0.05, 0.1) is 0 Å². The molecule has 9 heteroatoms. The molecule has 0 spiro atoms. The van der Waals surface area contributed by atoms with E-state index in [1.54, 1.807) is 0 Å². The maximum Gasteiger partial charge on any atom is 0.423 e. The third kappa shape index (κ3) is 5.79. The number of carbonyl (C=O) groups is 1. The van der Waals surface area contributed by atoms with Crippen molar-refractivity contribution in [1.82, 2.24) is 5.32 Å². The van der Waals surface area contributed by atoms with E-state index in [1.165, 1.54) is 0 Å². The van der Waals surface area contributed by atoms with E-state index in [1.807, 2.05) is 0 Å². The van der Waals surface area contributed by atoms with Gasteiger partial charge in [0.25, 0.3) is 0 Å². The van der Waals surface area contributed by atoms with E-state index in [9.17, 15) is 31.1 Å². The summed E-state index contributed by atoms with van der Waals surface area (Å²) in [7, 11) is 0. The Morgan fingerprint density at radius 3 is 1.62 bits per heavy atom. The van der Waals surface area contributed by atoms with Gasteiger partial charge < -0.3 is 10.4 Å². The number of hydrogen-bond donors (Lipinski definition) is 2. The molecule has 0 unspecified atom stereocenters. The summed E-state index contributed by atoms with van der Waals surface area (Å²) in [5, 5.41) is 10.2. The maximum absolute atomic E-state index is 11.0. The van der Waals surface area contributed by atoms with Crippen LogP contribution in [0, 0.1) is 0 Å². The largest absolute Gasteiger partial charge is 0.423 e. The molecule has 1 aliphatic heterocycles. The van der Waals surface area contributed by atoms with E-state index in [0.29, 0.717) is 0 Å². The molecule has 1 amide bonds. The molecule has 0 aromatic heterocycles. The summed E-state index contributed by atoms with van der Waals surface area (Å²) in [5.41, 5.74) is 0. The number of hydrogen-bond acceptors (Lipinski definition) is 2. The summed E-state index contributed by atoms with van der Waals surface area (Å²) in [6.07, 6.45) is -13.7. The molecule has 2 N–H and O–H groups in total. The highest BCUT2D eigenvalue weighted by Gasteiger charge is 2.55. The lowest BCUT2D eigenvalue weighted by Crippen LogP contribution is -2.41. The first-order valence-electron chi connectivity index (χ1n) is 4.13. The highest BCUT2D eigenvalue weighted by molar-refractivity contribution is 5.77. The number of carbonyl (C=O) groups excluding carboxylic acids is 1. The quantitative estimate of drug-likeness (QED) is 0.640. The molecule has 0 atom stereocenters. The second-order valence-corrected chi connectivity index (χ2v) is 2.94. The number of nitrogens with one attached hydrogen (secondary N) is 1. The van der Waals surface area contributed by atoms with Gasteiger partial charge in [-0.25, -0.2) is 0 Å². The van der Waals surface area contributed by atoms with E-state index in [4.69, 9.17) is 5.11 Å². The van der Waals surface area contributed by atoms with Crippen molar-refractivity contribution in [2.75, 3.05) is 6.54 Å². The second-order valence-electron chi connectivity index (χ2n) is 2.94. The van der Waals surface area contributed by atoms with Crippen molar-refractivity contribution in [1.29, 1.82) is 0 Å². The topological polar surface area (TPSA) is 49.3 Å². The zero-order valence-electron chi connectivity index (χ0n) is 7.82. The van der Waals surface area contributed by atoms with Gasteiger partial charge in [-0.3, -0.25) is 4.79 Å². The number of halogens is 6. The molecule has 16 heavy (non-hydrogen) atoms. The van der Waals surface area contributed by atoms with Crippen molar-refractivity contribution >= 4 is 5.91 Å². The van der Waals surface area contributed by atoms with Crippen LogP contribution < -0.4 is 5.32 Å². The first kappa shape index (κ1) is 15.0. The first-order chi connectivity index (χ1) is 7.05. The summed E-state index contributed by atoms with van der Waals surface area (Å²) < 4.78 is 65.9. The molecule has 0 aromatic carbocycles. The van der Waals surface area contributed by atoms with Gasteiger partial charge in [0.15, 0.2) is 0 Å². The second kappa shape index (κ2) is 5.37. The van der Waals surface area contributed by atoms with Crippen LogP contribution in [0.3, 0.4) is 0 Å². The molecule has 1 saturated heterocycles. The number of alkyl halides is 6. The van der Waals surface area contributed by atoms with E-state index >= 15 is 0 Å². The number of aliphatic hydroxyl groups excluding tert-OH is 1. The molecule has 0 radical (unpaired) electrons. The van der Waals surface area contributed by atoms with Gasteiger partial charge in [0, 0.05) is 13.0 Å². The van der Waals surface area contributed by atoms with Crippen molar-refractivity contribution in [2.24, 2.45) is 0 Å². The summed E-state index contributed by atoms with van der Waals surface area (Å²) >= 11 is 0. The molecule has 0 saturated carbocycles. The van der Waals surface area contributed by atoms with Gasteiger partial charge in [-0.05, 0) is 6.42 Å². The Kier molecular flexibility index (Phi) is 5.04. The average molecular weight is 253 g/mol. The van der Waals surface area contributed by atoms with Crippen LogP contribution in [-0.4, -0.2) is 36.0 Å². The Morgan fingerprint density at radius 2 is 1.56 bits per heavy atom. The predicted octanol–water partition coefficient (Wildman–Crippen LogP) is 1.37. The summed E-state index contributed by atoms with van der Waals surface area (Å²) in [4.78, 5) is 10.1. The van der Waals surface area contributed by atoms with E-state index in [2.05, 4.69) is 5.32 Å². The van der Waals surface area contributed by atoms with E-state index in [0.717, 1.165) is 19.4 Å². The summed E-state index contributed by atoms with van der Waals surface area (Å²) in [5.74, 6) is 0.204. The molecule has 0 bridgehead atoms. The van der Waals surface area contributed by atoms with Gasteiger partial charge in [-0.2, -0.15) is 26.3 Å². The highest BCUT2D eigenvalue weighted by atomic mass is 19.4. The van der Waals surface area contributed by atoms with Gasteiger partial charge >= 0.3 is 12.4 Å². The lowest BCUT2D eigenvalue weighted by Gasteiger charge is -2.16. The lowest BCUT2D eigenvalue weighted by molar-refractivity contribution is -0.308. The molecular formula is C7H9F6NO2. The minimum Gasteiger partial charge on any atom is -0.377 e. The fraction of sp³-hybridized carbons (Fsp3) is 0.857. The number of amides is 1. The molecule has 1 fully saturated rings. The lowest BCUT2D eigenvalue weighted by atomic mass is 10.3. The van der Waals surface area contributed by atoms with Crippen LogP contribution in [-0.2, 0) is 4.79 Å². The first-order valence-corrected chi connectivity index (χ1v) is 4.13. The van der Waals surface area contributed by atoms with Crippen molar-refractivity contribution in [3.8, 4) is 0 Å². The Bertz CT molecular complexity index is 214. The molecular weight excluding hydrogens is 244 g/mol.